The van der Waals surface area contributed by atoms with E-state index >= 15 is 0 Å². The number of rotatable bonds is 6. The van der Waals surface area contributed by atoms with Crippen molar-refractivity contribution in [1.82, 2.24) is 4.90 Å². The molecule has 0 aliphatic carbocycles. The third-order valence-electron chi connectivity index (χ3n) is 6.05. The third kappa shape index (κ3) is 6.10. The molecule has 0 spiro atoms. The number of aromatic carboxylic acids is 1. The molecular formula is C27H21ClF3N3O5. The lowest BCUT2D eigenvalue weighted by molar-refractivity contribution is -0.137. The number of anilines is 1. The van der Waals surface area contributed by atoms with Gasteiger partial charge in [0.05, 0.1) is 46.3 Å². The Hall–Kier alpha value is -4.22. The summed E-state index contributed by atoms with van der Waals surface area (Å²) >= 11 is 5.99. The lowest BCUT2D eigenvalue weighted by Gasteiger charge is -2.27. The highest BCUT2D eigenvalue weighted by molar-refractivity contribution is 6.35. The monoisotopic (exact) mass is 559 g/mol. The number of carbonyl (C=O) groups excluding carboxylic acids is 2. The van der Waals surface area contributed by atoms with Gasteiger partial charge in [-0.25, -0.2) is 4.79 Å². The van der Waals surface area contributed by atoms with E-state index in [9.17, 15) is 27.6 Å². The van der Waals surface area contributed by atoms with Gasteiger partial charge in [0.15, 0.2) is 0 Å². The molecule has 1 aliphatic heterocycles. The van der Waals surface area contributed by atoms with Gasteiger partial charge in [-0.1, -0.05) is 29.8 Å². The first kappa shape index (κ1) is 27.8. The Morgan fingerprint density at radius 1 is 0.949 bits per heavy atom. The van der Waals surface area contributed by atoms with E-state index in [1.165, 1.54) is 47.4 Å². The van der Waals surface area contributed by atoms with E-state index in [0.29, 0.717) is 26.3 Å². The number of morpholine rings is 1. The molecule has 1 saturated heterocycles. The minimum Gasteiger partial charge on any atom is -0.478 e. The highest BCUT2D eigenvalue weighted by Crippen LogP contribution is 2.35. The van der Waals surface area contributed by atoms with Crippen LogP contribution in [0.3, 0.4) is 0 Å². The van der Waals surface area contributed by atoms with Crippen molar-refractivity contribution in [2.24, 2.45) is 0 Å². The zero-order chi connectivity index (χ0) is 28.3. The van der Waals surface area contributed by atoms with Gasteiger partial charge >= 0.3 is 12.1 Å². The number of hydrogen-bond acceptors (Lipinski definition) is 5. The second-order valence-electron chi connectivity index (χ2n) is 8.54. The van der Waals surface area contributed by atoms with Crippen LogP contribution in [-0.2, 0) is 10.9 Å². The fraction of sp³-hybridized carbons (Fsp3) is 0.185. The zero-order valence-electron chi connectivity index (χ0n) is 20.1. The molecule has 0 atom stereocenters. The highest BCUT2D eigenvalue weighted by Gasteiger charge is 2.36. The van der Waals surface area contributed by atoms with Crippen molar-refractivity contribution in [3.05, 3.63) is 99.1 Å². The molecule has 3 aromatic rings. The van der Waals surface area contributed by atoms with E-state index in [0.717, 1.165) is 18.2 Å². The summed E-state index contributed by atoms with van der Waals surface area (Å²) in [5, 5.41) is 19.8. The molecule has 12 heteroatoms. The van der Waals surface area contributed by atoms with E-state index in [1.54, 1.807) is 0 Å². The molecule has 3 aromatic carbocycles. The largest absolute Gasteiger partial charge is 0.478 e. The van der Waals surface area contributed by atoms with E-state index in [-0.39, 0.29) is 39.6 Å². The molecule has 0 aromatic heterocycles. The molecule has 39 heavy (non-hydrogen) atoms. The summed E-state index contributed by atoms with van der Waals surface area (Å²) in [6, 6.07) is 12.4. The summed E-state index contributed by atoms with van der Waals surface area (Å²) in [6.07, 6.45) is -4.87. The van der Waals surface area contributed by atoms with Crippen LogP contribution in [-0.4, -0.2) is 59.8 Å². The SMILES string of the molecule is N=C(c1ccc(C(=O)O)cc1)c1ccc(C(=O)N2CCOCC2)cc1NC(=O)c1c(Cl)cccc1C(F)(F)F. The van der Waals surface area contributed by atoms with Crippen LogP contribution in [0.25, 0.3) is 0 Å². The molecule has 0 saturated carbocycles. The number of carbonyl (C=O) groups is 3. The van der Waals surface area contributed by atoms with E-state index in [4.69, 9.17) is 26.9 Å². The van der Waals surface area contributed by atoms with Crippen LogP contribution in [0.2, 0.25) is 5.02 Å². The number of benzene rings is 3. The summed E-state index contributed by atoms with van der Waals surface area (Å²) in [5.41, 5.74) is -1.82. The normalized spacial score (nSPS) is 13.6. The van der Waals surface area contributed by atoms with Crippen LogP contribution < -0.4 is 5.32 Å². The van der Waals surface area contributed by atoms with Gasteiger partial charge in [0, 0.05) is 29.8 Å². The number of nitrogens with zero attached hydrogens (tertiary/aromatic N) is 1. The second-order valence-corrected chi connectivity index (χ2v) is 8.94. The van der Waals surface area contributed by atoms with Crippen molar-refractivity contribution >= 4 is 40.8 Å². The van der Waals surface area contributed by atoms with Crippen molar-refractivity contribution in [2.45, 2.75) is 6.18 Å². The molecule has 0 bridgehead atoms. The summed E-state index contributed by atoms with van der Waals surface area (Å²) < 4.78 is 46.2. The second kappa shape index (κ2) is 11.3. The summed E-state index contributed by atoms with van der Waals surface area (Å²) in [7, 11) is 0. The number of carboxylic acids is 1. The molecule has 1 heterocycles. The maximum Gasteiger partial charge on any atom is 0.417 e. The van der Waals surface area contributed by atoms with Crippen LogP contribution in [0.4, 0.5) is 18.9 Å². The zero-order valence-corrected chi connectivity index (χ0v) is 20.9. The Kier molecular flexibility index (Phi) is 8.03. The minimum atomic E-state index is -4.87. The Bertz CT molecular complexity index is 1450. The maximum absolute atomic E-state index is 13.6. The highest BCUT2D eigenvalue weighted by atomic mass is 35.5. The summed E-state index contributed by atoms with van der Waals surface area (Å²) in [5.74, 6) is -2.72. The van der Waals surface area contributed by atoms with Crippen LogP contribution >= 0.6 is 11.6 Å². The Labute approximate surface area is 225 Å². The Balaban J connectivity index is 1.76. The predicted octanol–water partition coefficient (Wildman–Crippen LogP) is 5.20. The van der Waals surface area contributed by atoms with E-state index in [1.807, 2.05) is 0 Å². The predicted molar refractivity (Wildman–Crippen MR) is 137 cm³/mol. The van der Waals surface area contributed by atoms with Crippen molar-refractivity contribution in [3.63, 3.8) is 0 Å². The number of alkyl halides is 3. The first-order chi connectivity index (χ1) is 18.5. The summed E-state index contributed by atoms with van der Waals surface area (Å²) in [6.45, 7) is 1.36. The number of amides is 2. The maximum atomic E-state index is 13.6. The van der Waals surface area contributed by atoms with Gasteiger partial charge in [-0.2, -0.15) is 13.2 Å². The quantitative estimate of drug-likeness (QED) is 0.359. The smallest absolute Gasteiger partial charge is 0.417 e. The first-order valence-electron chi connectivity index (χ1n) is 11.6. The average Bonchev–Trinajstić information content (AvgIpc) is 2.92. The van der Waals surface area contributed by atoms with Gasteiger partial charge < -0.3 is 20.1 Å². The molecule has 0 unspecified atom stereocenters. The van der Waals surface area contributed by atoms with Crippen LogP contribution in [0.5, 0.6) is 0 Å². The minimum absolute atomic E-state index is 0.00932. The molecule has 202 valence electrons. The fourth-order valence-electron chi connectivity index (χ4n) is 4.06. The number of carboxylic acid groups (broad SMARTS) is 1. The van der Waals surface area contributed by atoms with Gasteiger partial charge in [-0.15, -0.1) is 0 Å². The molecule has 8 nitrogen and oxygen atoms in total. The molecule has 3 N–H and O–H groups in total. The number of nitrogens with one attached hydrogen (secondary N) is 2. The fourth-order valence-corrected chi connectivity index (χ4v) is 4.32. The standard InChI is InChI=1S/C27H21ClF3N3O5/c28-20-3-1-2-19(27(29,30)31)22(20)24(35)33-21-14-17(25(36)34-10-12-39-13-11-34)8-9-18(21)23(32)15-4-6-16(7-5-15)26(37)38/h1-9,14,32H,10-13H2,(H,33,35)(H,37,38). The molecule has 2 amide bonds. The lowest BCUT2D eigenvalue weighted by Crippen LogP contribution is -2.40. The van der Waals surface area contributed by atoms with Crippen molar-refractivity contribution in [2.75, 3.05) is 31.6 Å². The molecular weight excluding hydrogens is 539 g/mol. The number of halogens is 4. The van der Waals surface area contributed by atoms with Crippen LogP contribution in [0, 0.1) is 5.41 Å². The molecule has 4 rings (SSSR count). The van der Waals surface area contributed by atoms with Gasteiger partial charge in [-0.05, 0) is 42.5 Å². The molecule has 0 radical (unpaired) electrons. The summed E-state index contributed by atoms with van der Waals surface area (Å²) in [4.78, 5) is 39.0. The van der Waals surface area contributed by atoms with Crippen molar-refractivity contribution in [1.29, 1.82) is 5.41 Å². The van der Waals surface area contributed by atoms with Gasteiger partial charge in [0.1, 0.15) is 0 Å². The van der Waals surface area contributed by atoms with Crippen molar-refractivity contribution < 1.29 is 37.4 Å². The van der Waals surface area contributed by atoms with Crippen LogP contribution in [0.1, 0.15) is 47.8 Å². The van der Waals surface area contributed by atoms with E-state index < -0.39 is 34.2 Å². The number of ether oxygens (including phenoxy) is 1. The van der Waals surface area contributed by atoms with Crippen LogP contribution in [0.15, 0.2) is 60.7 Å². The molecule has 1 fully saturated rings. The Morgan fingerprint density at radius 3 is 2.18 bits per heavy atom. The van der Waals surface area contributed by atoms with E-state index in [2.05, 4.69) is 5.32 Å². The topological polar surface area (TPSA) is 120 Å². The van der Waals surface area contributed by atoms with Gasteiger partial charge in [0.25, 0.3) is 11.8 Å². The van der Waals surface area contributed by atoms with Gasteiger partial charge in [0.2, 0.25) is 0 Å². The molecule has 1 aliphatic rings. The van der Waals surface area contributed by atoms with Crippen molar-refractivity contribution in [3.8, 4) is 0 Å². The number of hydrogen-bond donors (Lipinski definition) is 3. The van der Waals surface area contributed by atoms with Gasteiger partial charge in [-0.3, -0.25) is 15.0 Å². The third-order valence-corrected chi connectivity index (χ3v) is 6.36. The first-order valence-corrected chi connectivity index (χ1v) is 12.0. The Morgan fingerprint density at radius 2 is 1.56 bits per heavy atom. The lowest BCUT2D eigenvalue weighted by atomic mass is 9.97. The average molecular weight is 560 g/mol.